The number of amides is 1. The maximum Gasteiger partial charge on any atom is 0.343 e. The van der Waals surface area contributed by atoms with Crippen molar-refractivity contribution < 1.29 is 23.8 Å². The van der Waals surface area contributed by atoms with Gasteiger partial charge in [-0.1, -0.05) is 0 Å². The monoisotopic (exact) mass is 370 g/mol. The molecule has 0 atom stereocenters. The summed E-state index contributed by atoms with van der Waals surface area (Å²) in [6.07, 6.45) is 2.63. The van der Waals surface area contributed by atoms with Crippen molar-refractivity contribution in [1.82, 2.24) is 4.98 Å². The number of ether oxygens (including phenoxy) is 3. The van der Waals surface area contributed by atoms with Gasteiger partial charge < -0.3 is 19.5 Å². The molecule has 1 aromatic carbocycles. The van der Waals surface area contributed by atoms with E-state index in [1.54, 1.807) is 24.4 Å². The number of fused-ring (bicyclic) bond motifs is 1. The van der Waals surface area contributed by atoms with Crippen LogP contribution in [0.2, 0.25) is 0 Å². The second-order valence-electron chi connectivity index (χ2n) is 6.37. The van der Waals surface area contributed by atoms with Crippen molar-refractivity contribution in [1.29, 1.82) is 0 Å². The molecule has 0 saturated carbocycles. The van der Waals surface area contributed by atoms with Gasteiger partial charge in [-0.15, -0.1) is 0 Å². The molecule has 7 heteroatoms. The average molecular weight is 370 g/mol. The highest BCUT2D eigenvalue weighted by Gasteiger charge is 2.17. The van der Waals surface area contributed by atoms with Gasteiger partial charge in [-0.05, 0) is 56.2 Å². The highest BCUT2D eigenvalue weighted by Crippen LogP contribution is 2.26. The second-order valence-corrected chi connectivity index (χ2v) is 6.37. The van der Waals surface area contributed by atoms with Gasteiger partial charge in [-0.3, -0.25) is 4.79 Å². The predicted octanol–water partition coefficient (Wildman–Crippen LogP) is 2.99. The van der Waals surface area contributed by atoms with E-state index in [9.17, 15) is 9.59 Å². The van der Waals surface area contributed by atoms with Crippen LogP contribution in [-0.4, -0.2) is 36.2 Å². The van der Waals surface area contributed by atoms with Crippen LogP contribution in [0.5, 0.6) is 11.6 Å². The molecule has 0 unspecified atom stereocenters. The van der Waals surface area contributed by atoms with Gasteiger partial charge in [-0.25, -0.2) is 9.78 Å². The van der Waals surface area contributed by atoms with Gasteiger partial charge in [0.05, 0.1) is 6.10 Å². The van der Waals surface area contributed by atoms with Crippen molar-refractivity contribution in [3.8, 4) is 11.6 Å². The number of hydrogen-bond donors (Lipinski definition) is 1. The molecule has 3 rings (SSSR count). The third kappa shape index (κ3) is 4.97. The molecule has 0 bridgehead atoms. The molecule has 0 saturated heterocycles. The summed E-state index contributed by atoms with van der Waals surface area (Å²) in [5.41, 5.74) is 2.14. The normalized spacial score (nSPS) is 12.9. The van der Waals surface area contributed by atoms with Crippen LogP contribution in [0.15, 0.2) is 36.5 Å². The number of pyridine rings is 1. The number of carbonyl (C=O) groups is 2. The predicted molar refractivity (Wildman–Crippen MR) is 99.2 cm³/mol. The zero-order valence-electron chi connectivity index (χ0n) is 15.4. The SMILES string of the molecule is CC(C)Oc1ncccc1C(=O)OCCOc1ccc2c(c1)CCC(=O)N2. The average Bonchev–Trinajstić information content (AvgIpc) is 2.65. The van der Waals surface area contributed by atoms with E-state index < -0.39 is 5.97 Å². The van der Waals surface area contributed by atoms with Crippen molar-refractivity contribution in [2.45, 2.75) is 32.8 Å². The summed E-state index contributed by atoms with van der Waals surface area (Å²) in [5.74, 6) is 0.455. The van der Waals surface area contributed by atoms with E-state index in [1.807, 2.05) is 26.0 Å². The number of nitrogens with zero attached hydrogens (tertiary/aromatic N) is 1. The molecular formula is C20H22N2O5. The molecule has 2 heterocycles. The van der Waals surface area contributed by atoms with E-state index in [4.69, 9.17) is 14.2 Å². The summed E-state index contributed by atoms with van der Waals surface area (Å²) in [5, 5.41) is 2.82. The quantitative estimate of drug-likeness (QED) is 0.596. The molecule has 1 amide bonds. The number of esters is 1. The van der Waals surface area contributed by atoms with E-state index in [0.717, 1.165) is 11.3 Å². The fourth-order valence-corrected chi connectivity index (χ4v) is 2.68. The van der Waals surface area contributed by atoms with Crippen LogP contribution in [0, 0.1) is 0 Å². The van der Waals surface area contributed by atoms with Crippen LogP contribution in [0.25, 0.3) is 0 Å². The second kappa shape index (κ2) is 8.53. The van der Waals surface area contributed by atoms with Gasteiger partial charge in [0.1, 0.15) is 24.5 Å². The standard InChI is InChI=1S/C20H22N2O5/c1-13(2)27-19-16(4-3-9-21-19)20(24)26-11-10-25-15-6-7-17-14(12-15)5-8-18(23)22-17/h3-4,6-7,9,12-13H,5,8,10-11H2,1-2H3,(H,22,23). The first kappa shape index (κ1) is 18.7. The van der Waals surface area contributed by atoms with Crippen LogP contribution in [0.1, 0.15) is 36.2 Å². The summed E-state index contributed by atoms with van der Waals surface area (Å²) < 4.78 is 16.4. The van der Waals surface area contributed by atoms with Crippen molar-refractivity contribution >= 4 is 17.6 Å². The number of carbonyl (C=O) groups excluding carboxylic acids is 2. The lowest BCUT2D eigenvalue weighted by molar-refractivity contribution is -0.116. The van der Waals surface area contributed by atoms with Crippen LogP contribution in [0.4, 0.5) is 5.69 Å². The molecule has 142 valence electrons. The fraction of sp³-hybridized carbons (Fsp3) is 0.350. The van der Waals surface area contributed by atoms with Crippen molar-refractivity contribution in [2.75, 3.05) is 18.5 Å². The Morgan fingerprint density at radius 3 is 2.89 bits per heavy atom. The van der Waals surface area contributed by atoms with Gasteiger partial charge >= 0.3 is 5.97 Å². The molecule has 1 N–H and O–H groups in total. The molecule has 1 aliphatic rings. The third-order valence-corrected chi connectivity index (χ3v) is 3.90. The molecule has 1 aliphatic heterocycles. The lowest BCUT2D eigenvalue weighted by Gasteiger charge is -2.17. The summed E-state index contributed by atoms with van der Waals surface area (Å²) in [6, 6.07) is 8.77. The fourth-order valence-electron chi connectivity index (χ4n) is 2.68. The Hall–Kier alpha value is -3.09. The molecule has 0 fully saturated rings. The number of aryl methyl sites for hydroxylation is 1. The Kier molecular flexibility index (Phi) is 5.90. The van der Waals surface area contributed by atoms with Crippen LogP contribution in [-0.2, 0) is 16.0 Å². The number of hydrogen-bond acceptors (Lipinski definition) is 6. The summed E-state index contributed by atoms with van der Waals surface area (Å²) in [4.78, 5) is 27.7. The minimum Gasteiger partial charge on any atom is -0.490 e. The molecule has 0 radical (unpaired) electrons. The van der Waals surface area contributed by atoms with Gasteiger partial charge in [0.2, 0.25) is 11.8 Å². The number of aromatic nitrogens is 1. The lowest BCUT2D eigenvalue weighted by Crippen LogP contribution is -2.19. The molecule has 0 aliphatic carbocycles. The lowest BCUT2D eigenvalue weighted by atomic mass is 10.0. The Morgan fingerprint density at radius 1 is 1.22 bits per heavy atom. The minimum absolute atomic E-state index is 0.0271. The van der Waals surface area contributed by atoms with E-state index in [2.05, 4.69) is 10.3 Å². The topological polar surface area (TPSA) is 86.8 Å². The number of rotatable bonds is 7. The Bertz CT molecular complexity index is 835. The minimum atomic E-state index is -0.504. The molecule has 2 aromatic rings. The molecule has 0 spiro atoms. The Labute approximate surface area is 157 Å². The Balaban J connectivity index is 1.51. The number of anilines is 1. The Morgan fingerprint density at radius 2 is 2.07 bits per heavy atom. The van der Waals surface area contributed by atoms with Gasteiger partial charge in [-0.2, -0.15) is 0 Å². The molecule has 7 nitrogen and oxygen atoms in total. The van der Waals surface area contributed by atoms with Crippen LogP contribution < -0.4 is 14.8 Å². The van der Waals surface area contributed by atoms with Crippen molar-refractivity contribution in [3.05, 3.63) is 47.7 Å². The van der Waals surface area contributed by atoms with Gasteiger partial charge in [0, 0.05) is 18.3 Å². The zero-order valence-corrected chi connectivity index (χ0v) is 15.4. The van der Waals surface area contributed by atoms with Gasteiger partial charge in [0.15, 0.2) is 0 Å². The van der Waals surface area contributed by atoms with E-state index >= 15 is 0 Å². The maximum atomic E-state index is 12.2. The first-order valence-electron chi connectivity index (χ1n) is 8.87. The van der Waals surface area contributed by atoms with Crippen molar-refractivity contribution in [2.24, 2.45) is 0 Å². The van der Waals surface area contributed by atoms with Crippen LogP contribution >= 0.6 is 0 Å². The largest absolute Gasteiger partial charge is 0.490 e. The molecule has 27 heavy (non-hydrogen) atoms. The van der Waals surface area contributed by atoms with Crippen LogP contribution in [0.3, 0.4) is 0 Å². The smallest absolute Gasteiger partial charge is 0.343 e. The van der Waals surface area contributed by atoms with Crippen molar-refractivity contribution in [3.63, 3.8) is 0 Å². The highest BCUT2D eigenvalue weighted by atomic mass is 16.6. The molecular weight excluding hydrogens is 348 g/mol. The highest BCUT2D eigenvalue weighted by molar-refractivity contribution is 5.94. The third-order valence-electron chi connectivity index (χ3n) is 3.90. The number of benzene rings is 1. The number of nitrogens with one attached hydrogen (secondary N) is 1. The molecule has 1 aromatic heterocycles. The van der Waals surface area contributed by atoms with Gasteiger partial charge in [0.25, 0.3) is 0 Å². The van der Waals surface area contributed by atoms with E-state index in [-0.39, 0.29) is 36.7 Å². The zero-order chi connectivity index (χ0) is 19.2. The van der Waals surface area contributed by atoms with E-state index in [1.165, 1.54) is 0 Å². The summed E-state index contributed by atoms with van der Waals surface area (Å²) in [7, 11) is 0. The summed E-state index contributed by atoms with van der Waals surface area (Å²) in [6.45, 7) is 4.05. The summed E-state index contributed by atoms with van der Waals surface area (Å²) >= 11 is 0. The maximum absolute atomic E-state index is 12.2. The van der Waals surface area contributed by atoms with E-state index in [0.29, 0.717) is 18.6 Å². The first-order chi connectivity index (χ1) is 13.0. The first-order valence-corrected chi connectivity index (χ1v) is 8.87.